The van der Waals surface area contributed by atoms with Crippen LogP contribution in [-0.2, 0) is 13.6 Å². The predicted molar refractivity (Wildman–Crippen MR) is 76.2 cm³/mol. The summed E-state index contributed by atoms with van der Waals surface area (Å²) in [6, 6.07) is 2.52. The molecule has 0 fully saturated rings. The highest BCUT2D eigenvalue weighted by atomic mass is 35.5. The van der Waals surface area contributed by atoms with Crippen LogP contribution >= 0.6 is 11.6 Å². The standard InChI is InChI=1S/C14H13ClF2N4/c1-8(15)14-19-10-4-3-9(16)12(17)13(10)21(14)7-11-18-5-6-20(11)2/h3-6,8H,7H2,1-2H3. The van der Waals surface area contributed by atoms with Crippen LogP contribution in [0.5, 0.6) is 0 Å². The predicted octanol–water partition coefficient (Wildman–Crippen LogP) is 3.40. The molecule has 0 bridgehead atoms. The SMILES string of the molecule is CC(Cl)c1nc2ccc(F)c(F)c2n1Cc1nccn1C. The number of nitrogens with zero attached hydrogens (tertiary/aromatic N) is 4. The van der Waals surface area contributed by atoms with Crippen molar-refractivity contribution in [3.8, 4) is 0 Å². The second-order valence-corrected chi connectivity index (χ2v) is 5.51. The maximum atomic E-state index is 14.2. The summed E-state index contributed by atoms with van der Waals surface area (Å²) in [6.45, 7) is 2.01. The zero-order valence-corrected chi connectivity index (χ0v) is 12.3. The molecule has 0 spiro atoms. The van der Waals surface area contributed by atoms with Crippen LogP contribution in [0.25, 0.3) is 11.0 Å². The second kappa shape index (κ2) is 5.11. The van der Waals surface area contributed by atoms with Crippen molar-refractivity contribution in [1.29, 1.82) is 0 Å². The molecule has 0 N–H and O–H groups in total. The van der Waals surface area contributed by atoms with Gasteiger partial charge in [0, 0.05) is 19.4 Å². The van der Waals surface area contributed by atoms with E-state index in [0.29, 0.717) is 17.2 Å². The smallest absolute Gasteiger partial charge is 0.184 e. The minimum atomic E-state index is -0.919. The van der Waals surface area contributed by atoms with E-state index in [2.05, 4.69) is 9.97 Å². The molecule has 0 aliphatic rings. The normalized spacial score (nSPS) is 13.0. The zero-order valence-electron chi connectivity index (χ0n) is 11.5. The highest BCUT2D eigenvalue weighted by Gasteiger charge is 2.20. The Kier molecular flexibility index (Phi) is 3.41. The van der Waals surface area contributed by atoms with Gasteiger partial charge >= 0.3 is 0 Å². The van der Waals surface area contributed by atoms with Gasteiger partial charge in [0.15, 0.2) is 11.6 Å². The van der Waals surface area contributed by atoms with Gasteiger partial charge in [0.25, 0.3) is 0 Å². The molecule has 7 heteroatoms. The molecule has 1 aromatic carbocycles. The second-order valence-electron chi connectivity index (χ2n) is 4.86. The molecular weight excluding hydrogens is 298 g/mol. The first kappa shape index (κ1) is 14.0. The third-order valence-electron chi connectivity index (χ3n) is 3.41. The number of hydrogen-bond acceptors (Lipinski definition) is 2. The van der Waals surface area contributed by atoms with Crippen LogP contribution < -0.4 is 0 Å². The molecule has 2 heterocycles. The molecule has 21 heavy (non-hydrogen) atoms. The van der Waals surface area contributed by atoms with Crippen molar-refractivity contribution in [3.63, 3.8) is 0 Å². The van der Waals surface area contributed by atoms with E-state index in [-0.39, 0.29) is 12.1 Å². The van der Waals surface area contributed by atoms with E-state index < -0.39 is 17.0 Å². The van der Waals surface area contributed by atoms with E-state index in [4.69, 9.17) is 11.6 Å². The van der Waals surface area contributed by atoms with E-state index in [1.165, 1.54) is 6.07 Å². The summed E-state index contributed by atoms with van der Waals surface area (Å²) < 4.78 is 31.1. The number of hydrogen-bond donors (Lipinski definition) is 0. The molecule has 0 saturated heterocycles. The number of halogens is 3. The number of fused-ring (bicyclic) bond motifs is 1. The number of alkyl halides is 1. The zero-order chi connectivity index (χ0) is 15.1. The van der Waals surface area contributed by atoms with Crippen molar-refractivity contribution >= 4 is 22.6 Å². The summed E-state index contributed by atoms with van der Waals surface area (Å²) in [7, 11) is 1.84. The molecule has 1 atom stereocenters. The Labute approximate surface area is 125 Å². The monoisotopic (exact) mass is 310 g/mol. The van der Waals surface area contributed by atoms with Crippen molar-refractivity contribution in [2.75, 3.05) is 0 Å². The fourth-order valence-electron chi connectivity index (χ4n) is 2.33. The van der Waals surface area contributed by atoms with E-state index in [9.17, 15) is 8.78 Å². The van der Waals surface area contributed by atoms with E-state index in [0.717, 1.165) is 6.07 Å². The molecule has 0 saturated carbocycles. The molecule has 0 aliphatic heterocycles. The summed E-state index contributed by atoms with van der Waals surface area (Å²) >= 11 is 6.13. The average Bonchev–Trinajstić information content (AvgIpc) is 3.00. The van der Waals surface area contributed by atoms with Gasteiger partial charge in [0.1, 0.15) is 17.2 Å². The lowest BCUT2D eigenvalue weighted by Crippen LogP contribution is -2.10. The largest absolute Gasteiger partial charge is 0.337 e. The molecule has 0 amide bonds. The molecule has 2 aromatic heterocycles. The van der Waals surface area contributed by atoms with Gasteiger partial charge in [-0.15, -0.1) is 11.6 Å². The van der Waals surface area contributed by atoms with Crippen LogP contribution in [-0.4, -0.2) is 19.1 Å². The van der Waals surface area contributed by atoms with Gasteiger partial charge in [-0.1, -0.05) is 0 Å². The average molecular weight is 311 g/mol. The van der Waals surface area contributed by atoms with E-state index in [1.54, 1.807) is 23.9 Å². The van der Waals surface area contributed by atoms with Crippen LogP contribution in [0, 0.1) is 11.6 Å². The van der Waals surface area contributed by atoms with Crippen LogP contribution in [0.4, 0.5) is 8.78 Å². The van der Waals surface area contributed by atoms with Crippen LogP contribution in [0.2, 0.25) is 0 Å². The molecule has 0 aliphatic carbocycles. The highest BCUT2D eigenvalue weighted by Crippen LogP contribution is 2.28. The molecular formula is C14H13ClF2N4. The molecule has 4 nitrogen and oxygen atoms in total. The molecule has 110 valence electrons. The van der Waals surface area contributed by atoms with Gasteiger partial charge < -0.3 is 9.13 Å². The maximum Gasteiger partial charge on any atom is 0.184 e. The number of imidazole rings is 2. The number of benzene rings is 1. The van der Waals surface area contributed by atoms with Crippen molar-refractivity contribution in [3.05, 3.63) is 47.8 Å². The maximum absolute atomic E-state index is 14.2. The fourth-order valence-corrected chi connectivity index (χ4v) is 2.50. The van der Waals surface area contributed by atoms with E-state index >= 15 is 0 Å². The number of aryl methyl sites for hydroxylation is 1. The lowest BCUT2D eigenvalue weighted by atomic mass is 10.3. The first-order valence-corrected chi connectivity index (χ1v) is 6.87. The summed E-state index contributed by atoms with van der Waals surface area (Å²) in [5.74, 6) is -0.634. The van der Waals surface area contributed by atoms with Gasteiger partial charge in [-0.05, 0) is 19.1 Å². The summed E-state index contributed by atoms with van der Waals surface area (Å²) in [5.41, 5.74) is 0.492. The summed E-state index contributed by atoms with van der Waals surface area (Å²) in [5, 5.41) is -0.430. The molecule has 3 rings (SSSR count). The van der Waals surface area contributed by atoms with Crippen LogP contribution in [0.3, 0.4) is 0 Å². The van der Waals surface area contributed by atoms with Crippen molar-refractivity contribution in [2.45, 2.75) is 18.8 Å². The van der Waals surface area contributed by atoms with Crippen molar-refractivity contribution < 1.29 is 8.78 Å². The lowest BCUT2D eigenvalue weighted by molar-refractivity contribution is 0.511. The van der Waals surface area contributed by atoms with Crippen molar-refractivity contribution in [2.24, 2.45) is 7.05 Å². The Balaban J connectivity index is 2.25. The minimum absolute atomic E-state index is 0.112. The van der Waals surface area contributed by atoms with Crippen LogP contribution in [0.15, 0.2) is 24.5 Å². The first-order valence-electron chi connectivity index (χ1n) is 6.43. The van der Waals surface area contributed by atoms with Gasteiger partial charge in [-0.3, -0.25) is 0 Å². The molecule has 0 radical (unpaired) electrons. The third kappa shape index (κ3) is 2.29. The Hall–Kier alpha value is -1.95. The first-order chi connectivity index (χ1) is 9.99. The highest BCUT2D eigenvalue weighted by molar-refractivity contribution is 6.20. The van der Waals surface area contributed by atoms with Gasteiger partial charge in [-0.2, -0.15) is 0 Å². The van der Waals surface area contributed by atoms with Gasteiger partial charge in [0.05, 0.1) is 17.4 Å². The Morgan fingerprint density at radius 1 is 1.33 bits per heavy atom. The van der Waals surface area contributed by atoms with Crippen LogP contribution in [0.1, 0.15) is 23.9 Å². The summed E-state index contributed by atoms with van der Waals surface area (Å²) in [6.07, 6.45) is 3.43. The Morgan fingerprint density at radius 3 is 2.71 bits per heavy atom. The quantitative estimate of drug-likeness (QED) is 0.695. The topological polar surface area (TPSA) is 35.6 Å². The van der Waals surface area contributed by atoms with Crippen molar-refractivity contribution in [1.82, 2.24) is 19.1 Å². The molecule has 3 aromatic rings. The Bertz CT molecular complexity index is 807. The number of aromatic nitrogens is 4. The lowest BCUT2D eigenvalue weighted by Gasteiger charge is -2.11. The van der Waals surface area contributed by atoms with Gasteiger partial charge in [-0.25, -0.2) is 18.7 Å². The molecule has 1 unspecified atom stereocenters. The fraction of sp³-hybridized carbons (Fsp3) is 0.286. The summed E-state index contributed by atoms with van der Waals surface area (Å²) in [4.78, 5) is 8.52. The minimum Gasteiger partial charge on any atom is -0.337 e. The Morgan fingerprint density at radius 2 is 2.10 bits per heavy atom. The number of rotatable bonds is 3. The third-order valence-corrected chi connectivity index (χ3v) is 3.60. The van der Waals surface area contributed by atoms with Gasteiger partial charge in [0.2, 0.25) is 0 Å². The van der Waals surface area contributed by atoms with E-state index in [1.807, 2.05) is 11.6 Å².